The van der Waals surface area contributed by atoms with Gasteiger partial charge in [-0.2, -0.15) is 5.26 Å². The molecule has 1 saturated heterocycles. The Balaban J connectivity index is 1.37. The fraction of sp³-hybridized carbons (Fsp3) is 0.593. The van der Waals surface area contributed by atoms with Crippen molar-refractivity contribution >= 4 is 11.6 Å². The molecule has 2 aliphatic rings. The fourth-order valence-corrected chi connectivity index (χ4v) is 5.06. The van der Waals surface area contributed by atoms with Crippen LogP contribution in [0.2, 0.25) is 0 Å². The van der Waals surface area contributed by atoms with Gasteiger partial charge >= 0.3 is 0 Å². The van der Waals surface area contributed by atoms with Gasteiger partial charge in [-0.3, -0.25) is 0 Å². The van der Waals surface area contributed by atoms with Crippen LogP contribution in [0.4, 0.5) is 16.0 Å². The molecule has 8 nitrogen and oxygen atoms in total. The molecule has 0 bridgehead atoms. The molecular formula is C27H37FN6O2. The predicted octanol–water partition coefficient (Wildman–Crippen LogP) is 4.36. The smallest absolute Gasteiger partial charge is 0.151 e. The number of hydrogen-bond donors (Lipinski definition) is 3. The molecule has 0 aromatic carbocycles. The number of anilines is 2. The van der Waals surface area contributed by atoms with Crippen molar-refractivity contribution in [3.63, 3.8) is 0 Å². The normalized spacial score (nSPS) is 22.4. The lowest BCUT2D eigenvalue weighted by Crippen LogP contribution is -2.42. The van der Waals surface area contributed by atoms with Crippen LogP contribution >= 0.6 is 0 Å². The summed E-state index contributed by atoms with van der Waals surface area (Å²) in [5, 5.41) is 20.1. The van der Waals surface area contributed by atoms with Gasteiger partial charge in [0, 0.05) is 50.6 Å². The summed E-state index contributed by atoms with van der Waals surface area (Å²) in [6.07, 6.45) is 6.83. The molecule has 4 rings (SSSR count). The van der Waals surface area contributed by atoms with E-state index in [0.29, 0.717) is 80.2 Å². The number of methoxy groups -OCH3 is 1. The first-order valence-electron chi connectivity index (χ1n) is 12.9. The Kier molecular flexibility index (Phi) is 9.08. The zero-order valence-electron chi connectivity index (χ0n) is 21.2. The van der Waals surface area contributed by atoms with Crippen LogP contribution in [0.3, 0.4) is 0 Å². The third-order valence-electron chi connectivity index (χ3n) is 7.19. The molecule has 1 atom stereocenters. The van der Waals surface area contributed by atoms with Crippen LogP contribution in [0, 0.1) is 22.6 Å². The average molecular weight is 497 g/mol. The summed E-state index contributed by atoms with van der Waals surface area (Å²) in [6.45, 7) is 4.51. The van der Waals surface area contributed by atoms with Gasteiger partial charge in [0.25, 0.3) is 0 Å². The van der Waals surface area contributed by atoms with Gasteiger partial charge in [-0.05, 0) is 63.6 Å². The van der Waals surface area contributed by atoms with Crippen molar-refractivity contribution in [1.29, 1.82) is 5.26 Å². The lowest BCUT2D eigenvalue weighted by molar-refractivity contribution is 0.0455. The van der Waals surface area contributed by atoms with Gasteiger partial charge in [0.1, 0.15) is 11.6 Å². The van der Waals surface area contributed by atoms with Crippen molar-refractivity contribution in [1.82, 2.24) is 15.3 Å². The second kappa shape index (κ2) is 12.4. The van der Waals surface area contributed by atoms with Crippen molar-refractivity contribution < 1.29 is 13.9 Å². The number of nitriles is 1. The summed E-state index contributed by atoms with van der Waals surface area (Å²) in [7, 11) is 1.72. The van der Waals surface area contributed by atoms with E-state index < -0.39 is 11.2 Å². The number of halogens is 1. The molecule has 1 unspecified atom stereocenters. The number of nitrogens with one attached hydrogen (secondary N) is 3. The Bertz CT molecular complexity index is 1030. The van der Waals surface area contributed by atoms with E-state index in [1.54, 1.807) is 19.2 Å². The average Bonchev–Trinajstić information content (AvgIpc) is 2.90. The zero-order chi connectivity index (χ0) is 25.4. The van der Waals surface area contributed by atoms with Crippen LogP contribution in [0.25, 0.3) is 11.3 Å². The molecule has 3 heterocycles. The Morgan fingerprint density at radius 1 is 1.19 bits per heavy atom. The first-order chi connectivity index (χ1) is 17.5. The maximum atomic E-state index is 14.8. The summed E-state index contributed by atoms with van der Waals surface area (Å²) in [4.78, 5) is 8.91. The van der Waals surface area contributed by atoms with Crippen LogP contribution in [0.1, 0.15) is 45.4 Å². The molecule has 0 spiro atoms. The minimum atomic E-state index is -0.467. The van der Waals surface area contributed by atoms with E-state index in [2.05, 4.69) is 38.9 Å². The minimum absolute atomic E-state index is 0.300. The highest BCUT2D eigenvalue weighted by molar-refractivity contribution is 5.65. The molecule has 2 aromatic heterocycles. The largest absolute Gasteiger partial charge is 0.383 e. The van der Waals surface area contributed by atoms with Crippen molar-refractivity contribution in [3.05, 3.63) is 36.3 Å². The first-order valence-corrected chi connectivity index (χ1v) is 12.9. The van der Waals surface area contributed by atoms with Crippen LogP contribution in [0.5, 0.6) is 0 Å². The summed E-state index contributed by atoms with van der Waals surface area (Å²) in [5.74, 6) is 0.859. The van der Waals surface area contributed by atoms with E-state index in [0.717, 1.165) is 25.7 Å². The van der Waals surface area contributed by atoms with Gasteiger partial charge in [-0.1, -0.05) is 6.07 Å². The minimum Gasteiger partial charge on any atom is -0.383 e. The molecule has 194 valence electrons. The van der Waals surface area contributed by atoms with Crippen LogP contribution in [-0.2, 0) is 9.47 Å². The molecule has 3 N–H and O–H groups in total. The lowest BCUT2D eigenvalue weighted by Gasteiger charge is -2.31. The van der Waals surface area contributed by atoms with E-state index in [4.69, 9.17) is 9.47 Å². The van der Waals surface area contributed by atoms with Gasteiger partial charge < -0.3 is 25.4 Å². The van der Waals surface area contributed by atoms with Crippen molar-refractivity contribution in [3.8, 4) is 17.3 Å². The molecule has 2 fully saturated rings. The SMILES string of the molecule is COCC(C)N[C@H]1CC[C@H](Nc2cc(-c3cccc(NCC4(C#N)CCOCC4)n3)c(F)cn2)CC1. The molecule has 9 heteroatoms. The van der Waals surface area contributed by atoms with Crippen LogP contribution in [-0.4, -0.2) is 61.6 Å². The van der Waals surface area contributed by atoms with Crippen molar-refractivity contribution in [2.75, 3.05) is 44.1 Å². The number of hydrogen-bond acceptors (Lipinski definition) is 8. The Morgan fingerprint density at radius 2 is 1.94 bits per heavy atom. The maximum absolute atomic E-state index is 14.8. The highest BCUT2D eigenvalue weighted by Crippen LogP contribution is 2.31. The number of ether oxygens (including phenoxy) is 2. The Labute approximate surface area is 213 Å². The van der Waals surface area contributed by atoms with E-state index in [1.165, 1.54) is 6.20 Å². The summed E-state index contributed by atoms with van der Waals surface area (Å²) < 4.78 is 25.4. The molecule has 1 aliphatic heterocycles. The topological polar surface area (TPSA) is 104 Å². The molecule has 36 heavy (non-hydrogen) atoms. The van der Waals surface area contributed by atoms with E-state index in [9.17, 15) is 9.65 Å². The number of pyridine rings is 2. The van der Waals surface area contributed by atoms with Gasteiger partial charge in [-0.25, -0.2) is 14.4 Å². The highest BCUT2D eigenvalue weighted by Gasteiger charge is 2.32. The van der Waals surface area contributed by atoms with Gasteiger partial charge in [-0.15, -0.1) is 0 Å². The van der Waals surface area contributed by atoms with E-state index in [1.807, 2.05) is 12.1 Å². The number of nitrogens with zero attached hydrogens (tertiary/aromatic N) is 3. The molecule has 2 aromatic rings. The zero-order valence-corrected chi connectivity index (χ0v) is 21.2. The summed E-state index contributed by atoms with van der Waals surface area (Å²) >= 11 is 0. The molecule has 0 amide bonds. The maximum Gasteiger partial charge on any atom is 0.151 e. The number of rotatable bonds is 10. The summed E-state index contributed by atoms with van der Waals surface area (Å²) in [6, 6.07) is 10.8. The first kappa shape index (κ1) is 26.3. The molecule has 1 saturated carbocycles. The van der Waals surface area contributed by atoms with E-state index >= 15 is 0 Å². The van der Waals surface area contributed by atoms with Crippen LogP contribution < -0.4 is 16.0 Å². The van der Waals surface area contributed by atoms with Crippen molar-refractivity contribution in [2.45, 2.75) is 63.6 Å². The second-order valence-corrected chi connectivity index (χ2v) is 10.0. The van der Waals surface area contributed by atoms with Gasteiger partial charge in [0.2, 0.25) is 0 Å². The quantitative estimate of drug-likeness (QED) is 0.446. The van der Waals surface area contributed by atoms with Gasteiger partial charge in [0.05, 0.1) is 30.0 Å². The molecule has 1 aliphatic carbocycles. The lowest BCUT2D eigenvalue weighted by atomic mass is 9.82. The third kappa shape index (κ3) is 6.90. The third-order valence-corrected chi connectivity index (χ3v) is 7.19. The highest BCUT2D eigenvalue weighted by atomic mass is 19.1. The van der Waals surface area contributed by atoms with Crippen LogP contribution in [0.15, 0.2) is 30.5 Å². The standard InChI is InChI=1S/C27H37FN6O2/c1-19(16-35-2)32-20-6-8-21(9-7-20)33-26-14-22(23(28)15-30-26)24-4-3-5-25(34-24)31-18-27(17-29)10-12-36-13-11-27/h3-5,14-15,19-21,32H,6-13,16,18H2,1-2H3,(H,30,33)(H,31,34)/t19?,20-,21-. The number of aromatic nitrogens is 2. The van der Waals surface area contributed by atoms with Gasteiger partial charge in [0.15, 0.2) is 5.82 Å². The Morgan fingerprint density at radius 3 is 2.67 bits per heavy atom. The van der Waals surface area contributed by atoms with E-state index in [-0.39, 0.29) is 0 Å². The Hall–Kier alpha value is -2.80. The second-order valence-electron chi connectivity index (χ2n) is 10.0. The van der Waals surface area contributed by atoms with Crippen molar-refractivity contribution in [2.24, 2.45) is 5.41 Å². The fourth-order valence-electron chi connectivity index (χ4n) is 5.06. The monoisotopic (exact) mass is 496 g/mol. The predicted molar refractivity (Wildman–Crippen MR) is 138 cm³/mol. The summed E-state index contributed by atoms with van der Waals surface area (Å²) in [5.41, 5.74) is 0.465. The molecular weight excluding hydrogens is 459 g/mol. The molecule has 0 radical (unpaired) electrons.